The minimum absolute atomic E-state index is 0.104. The van der Waals surface area contributed by atoms with Crippen LogP contribution in [0.15, 0.2) is 24.3 Å². The van der Waals surface area contributed by atoms with Gasteiger partial charge in [-0.05, 0) is 42.9 Å². The Kier molecular flexibility index (Phi) is 7.21. The maximum Gasteiger partial charge on any atom is 0.326 e. The van der Waals surface area contributed by atoms with Gasteiger partial charge < -0.3 is 20.3 Å². The van der Waals surface area contributed by atoms with Gasteiger partial charge in [-0.25, -0.2) is 4.79 Å². The van der Waals surface area contributed by atoms with Crippen molar-refractivity contribution >= 4 is 17.8 Å². The first-order valence-corrected chi connectivity index (χ1v) is 9.25. The number of rotatable bonds is 4. The van der Waals surface area contributed by atoms with Crippen molar-refractivity contribution in [3.8, 4) is 5.75 Å². The number of nitrogens with one attached hydrogen (secondary N) is 1. The van der Waals surface area contributed by atoms with Crippen LogP contribution in [-0.2, 0) is 20.8 Å². The summed E-state index contributed by atoms with van der Waals surface area (Å²) in [6.45, 7) is 4.18. The first-order valence-electron chi connectivity index (χ1n) is 9.25. The predicted octanol–water partition coefficient (Wildman–Crippen LogP) is 2.33. The molecule has 27 heavy (non-hydrogen) atoms. The van der Waals surface area contributed by atoms with Gasteiger partial charge in [0.1, 0.15) is 11.8 Å². The highest BCUT2D eigenvalue weighted by Crippen LogP contribution is 2.26. The van der Waals surface area contributed by atoms with Crippen molar-refractivity contribution in [3.63, 3.8) is 0 Å². The predicted molar refractivity (Wildman–Crippen MR) is 98.5 cm³/mol. The van der Waals surface area contributed by atoms with E-state index in [1.54, 1.807) is 24.3 Å². The lowest BCUT2D eigenvalue weighted by molar-refractivity contribution is -0.149. The molecular weight excluding hydrogens is 350 g/mol. The summed E-state index contributed by atoms with van der Waals surface area (Å²) in [6.07, 6.45) is 1.27. The van der Waals surface area contributed by atoms with E-state index < -0.39 is 35.7 Å². The molecule has 0 fully saturated rings. The van der Waals surface area contributed by atoms with E-state index in [9.17, 15) is 24.6 Å². The highest BCUT2D eigenvalue weighted by atomic mass is 16.5. The molecule has 2 aliphatic heterocycles. The molecule has 3 atom stereocenters. The Labute approximate surface area is 158 Å². The van der Waals surface area contributed by atoms with Crippen LogP contribution in [0, 0.1) is 17.8 Å². The van der Waals surface area contributed by atoms with Crippen molar-refractivity contribution in [3.05, 3.63) is 29.8 Å². The molecule has 7 nitrogen and oxygen atoms in total. The van der Waals surface area contributed by atoms with Crippen LogP contribution in [0.3, 0.4) is 0 Å². The number of carbonyl (C=O) groups is 3. The first-order chi connectivity index (χ1) is 12.8. The summed E-state index contributed by atoms with van der Waals surface area (Å²) in [7, 11) is 0. The molecule has 148 valence electrons. The number of fused-ring (bicyclic) bond motifs is 11. The van der Waals surface area contributed by atoms with E-state index in [4.69, 9.17) is 4.74 Å². The zero-order chi connectivity index (χ0) is 20.0. The van der Waals surface area contributed by atoms with E-state index in [0.29, 0.717) is 25.2 Å². The van der Waals surface area contributed by atoms with Crippen LogP contribution in [0.5, 0.6) is 5.75 Å². The van der Waals surface area contributed by atoms with Crippen LogP contribution >= 0.6 is 0 Å². The summed E-state index contributed by atoms with van der Waals surface area (Å²) in [4.78, 5) is 36.3. The Morgan fingerprint density at radius 1 is 1.19 bits per heavy atom. The second kappa shape index (κ2) is 9.39. The normalized spacial score (nSPS) is 24.0. The van der Waals surface area contributed by atoms with Crippen LogP contribution in [0.1, 0.15) is 38.7 Å². The smallest absolute Gasteiger partial charge is 0.326 e. The molecule has 3 rings (SSSR count). The first kappa shape index (κ1) is 20.7. The molecule has 2 aliphatic rings. The Hall–Kier alpha value is -2.57. The van der Waals surface area contributed by atoms with Crippen molar-refractivity contribution in [2.24, 2.45) is 17.8 Å². The zero-order valence-electron chi connectivity index (χ0n) is 15.7. The second-order valence-electron chi connectivity index (χ2n) is 7.42. The molecule has 1 amide bonds. The minimum Gasteiger partial charge on any atom is -0.494 e. The topological polar surface area (TPSA) is 113 Å². The van der Waals surface area contributed by atoms with Gasteiger partial charge in [0, 0.05) is 6.42 Å². The van der Waals surface area contributed by atoms with Gasteiger partial charge in [0.05, 0.1) is 18.4 Å². The number of hydrogen-bond donors (Lipinski definition) is 3. The van der Waals surface area contributed by atoms with E-state index in [0.717, 1.165) is 5.56 Å². The summed E-state index contributed by atoms with van der Waals surface area (Å²) in [5, 5.41) is 21.7. The number of carboxylic acid groups (broad SMARTS) is 2. The molecule has 3 unspecified atom stereocenters. The van der Waals surface area contributed by atoms with Gasteiger partial charge in [-0.2, -0.15) is 0 Å². The highest BCUT2D eigenvalue weighted by molar-refractivity contribution is 5.88. The summed E-state index contributed by atoms with van der Waals surface area (Å²) in [5.41, 5.74) is 0.752. The maximum absolute atomic E-state index is 12.8. The van der Waals surface area contributed by atoms with E-state index in [-0.39, 0.29) is 18.8 Å². The second-order valence-corrected chi connectivity index (χ2v) is 7.42. The molecule has 0 aromatic heterocycles. The van der Waals surface area contributed by atoms with Crippen molar-refractivity contribution < 1.29 is 29.3 Å². The molecule has 0 aliphatic carbocycles. The molecule has 0 radical (unpaired) electrons. The average molecular weight is 377 g/mol. The molecule has 3 N–H and O–H groups in total. The number of aliphatic carboxylic acids is 2. The molecule has 7 heteroatoms. The number of hydrogen-bond acceptors (Lipinski definition) is 4. The van der Waals surface area contributed by atoms with Gasteiger partial charge in [0.2, 0.25) is 5.91 Å². The van der Waals surface area contributed by atoms with Crippen molar-refractivity contribution in [2.45, 2.75) is 45.6 Å². The molecular formula is C20H27NO6. The lowest BCUT2D eigenvalue weighted by Gasteiger charge is -2.27. The van der Waals surface area contributed by atoms with Crippen LogP contribution in [-0.4, -0.2) is 40.7 Å². The quantitative estimate of drug-likeness (QED) is 0.742. The Balaban J connectivity index is 2.34. The van der Waals surface area contributed by atoms with Crippen molar-refractivity contribution in [1.82, 2.24) is 5.32 Å². The van der Waals surface area contributed by atoms with Gasteiger partial charge in [0.25, 0.3) is 0 Å². The largest absolute Gasteiger partial charge is 0.494 e. The zero-order valence-corrected chi connectivity index (χ0v) is 15.7. The number of benzene rings is 1. The van der Waals surface area contributed by atoms with Gasteiger partial charge in [-0.1, -0.05) is 26.0 Å². The fourth-order valence-electron chi connectivity index (χ4n) is 3.39. The third-order valence-electron chi connectivity index (χ3n) is 4.77. The van der Waals surface area contributed by atoms with E-state index in [1.165, 1.54) is 0 Å². The Morgan fingerprint density at radius 2 is 1.85 bits per heavy atom. The Morgan fingerprint density at radius 3 is 2.41 bits per heavy atom. The summed E-state index contributed by atoms with van der Waals surface area (Å²) >= 11 is 0. The maximum atomic E-state index is 12.8. The van der Waals surface area contributed by atoms with Gasteiger partial charge >= 0.3 is 11.9 Å². The highest BCUT2D eigenvalue weighted by Gasteiger charge is 2.35. The third-order valence-corrected chi connectivity index (χ3v) is 4.77. The molecule has 0 saturated carbocycles. The van der Waals surface area contributed by atoms with Crippen molar-refractivity contribution in [1.29, 1.82) is 0 Å². The number of amides is 1. The standard InChI is InChI=1S/C20H27NO6/c1-12(2)10-16-15(19(23)24)4-3-9-27-14-7-5-13(6-8-14)11-17(20(25)26)21-18(16)22/h5-8,12,15-17H,3-4,9-11H2,1-2H3,(H,21,22)(H,23,24)(H,25,26). The van der Waals surface area contributed by atoms with Gasteiger partial charge in [-0.3, -0.25) is 9.59 Å². The van der Waals surface area contributed by atoms with Crippen molar-refractivity contribution in [2.75, 3.05) is 6.61 Å². The lowest BCUT2D eigenvalue weighted by Crippen LogP contribution is -2.47. The van der Waals surface area contributed by atoms with Crippen LogP contribution < -0.4 is 10.1 Å². The fraction of sp³-hybridized carbons (Fsp3) is 0.550. The minimum atomic E-state index is -1.15. The van der Waals surface area contributed by atoms with Crippen LogP contribution in [0.4, 0.5) is 0 Å². The molecule has 0 spiro atoms. The monoisotopic (exact) mass is 377 g/mol. The lowest BCUT2D eigenvalue weighted by atomic mass is 9.81. The third kappa shape index (κ3) is 5.98. The summed E-state index contributed by atoms with van der Waals surface area (Å²) < 4.78 is 5.64. The van der Waals surface area contributed by atoms with Crippen LogP contribution in [0.2, 0.25) is 0 Å². The van der Waals surface area contributed by atoms with Gasteiger partial charge in [-0.15, -0.1) is 0 Å². The number of carbonyl (C=O) groups excluding carboxylic acids is 1. The fourth-order valence-corrected chi connectivity index (χ4v) is 3.39. The molecule has 2 heterocycles. The molecule has 1 aromatic rings. The molecule has 0 saturated heterocycles. The van der Waals surface area contributed by atoms with E-state index >= 15 is 0 Å². The average Bonchev–Trinajstić information content (AvgIpc) is 2.59. The summed E-state index contributed by atoms with van der Waals surface area (Å²) in [5.74, 6) is -3.62. The van der Waals surface area contributed by atoms with E-state index in [1.807, 2.05) is 13.8 Å². The summed E-state index contributed by atoms with van der Waals surface area (Å²) in [6, 6.07) is 5.93. The molecule has 2 bridgehead atoms. The SMILES string of the molecule is CC(C)CC1C(=O)NC(C(=O)O)Cc2ccc(cc2)OCCCC1C(=O)O. The number of carboxylic acids is 2. The van der Waals surface area contributed by atoms with Gasteiger partial charge in [0.15, 0.2) is 0 Å². The van der Waals surface area contributed by atoms with Crippen LogP contribution in [0.25, 0.3) is 0 Å². The van der Waals surface area contributed by atoms with E-state index in [2.05, 4.69) is 5.32 Å². The Bertz CT molecular complexity index is 670. The molecule has 1 aromatic carbocycles. The number of ether oxygens (including phenoxy) is 1.